The minimum Gasteiger partial charge on any atom is -0.346 e. The number of carbonyl (C=O) groups excluding carboxylic acids is 1. The van der Waals surface area contributed by atoms with Gasteiger partial charge in [0.15, 0.2) is 0 Å². The molecule has 4 heteroatoms. The SMILES string of the molecule is CC(CN)C(=O)NC1(c2ccc(F)cc2)CCCC1. The predicted octanol–water partition coefficient (Wildman–Crippen LogP) is 2.31. The lowest BCUT2D eigenvalue weighted by Crippen LogP contribution is -2.47. The third-order valence-electron chi connectivity index (χ3n) is 4.02. The van der Waals surface area contributed by atoms with Crippen LogP contribution in [0.4, 0.5) is 4.39 Å². The Balaban J connectivity index is 2.23. The second-order valence-corrected chi connectivity index (χ2v) is 5.42. The third kappa shape index (κ3) is 2.95. The van der Waals surface area contributed by atoms with E-state index in [1.165, 1.54) is 12.1 Å². The van der Waals surface area contributed by atoms with Gasteiger partial charge in [0.1, 0.15) is 5.82 Å². The largest absolute Gasteiger partial charge is 0.346 e. The van der Waals surface area contributed by atoms with Crippen LogP contribution < -0.4 is 11.1 Å². The molecule has 3 N–H and O–H groups in total. The summed E-state index contributed by atoms with van der Waals surface area (Å²) in [6.45, 7) is 2.16. The van der Waals surface area contributed by atoms with Crippen molar-refractivity contribution in [2.45, 2.75) is 38.1 Å². The molecule has 1 atom stereocenters. The van der Waals surface area contributed by atoms with E-state index in [9.17, 15) is 9.18 Å². The Morgan fingerprint density at radius 3 is 2.47 bits per heavy atom. The molecule has 104 valence electrons. The molecule has 1 saturated carbocycles. The molecule has 0 radical (unpaired) electrons. The molecule has 2 rings (SSSR count). The number of nitrogens with two attached hydrogens (primary N) is 1. The summed E-state index contributed by atoms with van der Waals surface area (Å²) in [5, 5.41) is 3.14. The first-order valence-corrected chi connectivity index (χ1v) is 6.85. The highest BCUT2D eigenvalue weighted by atomic mass is 19.1. The third-order valence-corrected chi connectivity index (χ3v) is 4.02. The van der Waals surface area contributed by atoms with Gasteiger partial charge in [-0.2, -0.15) is 0 Å². The summed E-state index contributed by atoms with van der Waals surface area (Å²) >= 11 is 0. The van der Waals surface area contributed by atoms with E-state index in [-0.39, 0.29) is 23.2 Å². The number of benzene rings is 1. The molecule has 1 unspecified atom stereocenters. The molecule has 0 saturated heterocycles. The Morgan fingerprint density at radius 2 is 1.95 bits per heavy atom. The highest BCUT2D eigenvalue weighted by molar-refractivity contribution is 5.79. The van der Waals surface area contributed by atoms with Crippen LogP contribution in [0.15, 0.2) is 24.3 Å². The fourth-order valence-electron chi connectivity index (χ4n) is 2.70. The van der Waals surface area contributed by atoms with Crippen molar-refractivity contribution in [3.63, 3.8) is 0 Å². The summed E-state index contributed by atoms with van der Waals surface area (Å²) in [6.07, 6.45) is 3.96. The summed E-state index contributed by atoms with van der Waals surface area (Å²) < 4.78 is 13.0. The molecule has 3 nitrogen and oxygen atoms in total. The van der Waals surface area contributed by atoms with Gasteiger partial charge < -0.3 is 11.1 Å². The molecule has 1 amide bonds. The van der Waals surface area contributed by atoms with Gasteiger partial charge in [-0.25, -0.2) is 4.39 Å². The molecule has 1 aromatic carbocycles. The van der Waals surface area contributed by atoms with Crippen LogP contribution in [0.25, 0.3) is 0 Å². The monoisotopic (exact) mass is 264 g/mol. The number of nitrogens with one attached hydrogen (secondary N) is 1. The lowest BCUT2D eigenvalue weighted by atomic mass is 9.87. The zero-order chi connectivity index (χ0) is 13.9. The first-order valence-electron chi connectivity index (χ1n) is 6.85. The average molecular weight is 264 g/mol. The molecule has 0 bridgehead atoms. The van der Waals surface area contributed by atoms with Crippen molar-refractivity contribution >= 4 is 5.91 Å². The van der Waals surface area contributed by atoms with Gasteiger partial charge in [-0.15, -0.1) is 0 Å². The maximum atomic E-state index is 13.0. The van der Waals surface area contributed by atoms with Crippen molar-refractivity contribution < 1.29 is 9.18 Å². The van der Waals surface area contributed by atoms with Crippen LogP contribution in [0.3, 0.4) is 0 Å². The number of amides is 1. The molecule has 1 fully saturated rings. The van der Waals surface area contributed by atoms with Crippen molar-refractivity contribution in [1.29, 1.82) is 0 Å². The topological polar surface area (TPSA) is 55.1 Å². The van der Waals surface area contributed by atoms with Crippen LogP contribution in [0.1, 0.15) is 38.2 Å². The zero-order valence-corrected chi connectivity index (χ0v) is 11.3. The summed E-state index contributed by atoms with van der Waals surface area (Å²) in [6, 6.07) is 6.45. The van der Waals surface area contributed by atoms with Gasteiger partial charge in [-0.1, -0.05) is 31.9 Å². The zero-order valence-electron chi connectivity index (χ0n) is 11.3. The van der Waals surface area contributed by atoms with E-state index < -0.39 is 0 Å². The van der Waals surface area contributed by atoms with Crippen LogP contribution in [0.2, 0.25) is 0 Å². The molecular weight excluding hydrogens is 243 g/mol. The Labute approximate surface area is 113 Å². The second-order valence-electron chi connectivity index (χ2n) is 5.42. The Morgan fingerprint density at radius 1 is 1.37 bits per heavy atom. The van der Waals surface area contributed by atoms with Crippen LogP contribution in [0, 0.1) is 11.7 Å². The molecule has 0 aliphatic heterocycles. The van der Waals surface area contributed by atoms with Gasteiger partial charge in [0.05, 0.1) is 5.54 Å². The van der Waals surface area contributed by atoms with Gasteiger partial charge in [0.25, 0.3) is 0 Å². The Bertz CT molecular complexity index is 438. The Hall–Kier alpha value is -1.42. The predicted molar refractivity (Wildman–Crippen MR) is 72.9 cm³/mol. The van der Waals surface area contributed by atoms with E-state index in [1.54, 1.807) is 12.1 Å². The number of hydrogen-bond donors (Lipinski definition) is 2. The number of halogens is 1. The van der Waals surface area contributed by atoms with Gasteiger partial charge >= 0.3 is 0 Å². The highest BCUT2D eigenvalue weighted by Crippen LogP contribution is 2.38. The highest BCUT2D eigenvalue weighted by Gasteiger charge is 2.37. The quantitative estimate of drug-likeness (QED) is 0.876. The van der Waals surface area contributed by atoms with E-state index in [0.29, 0.717) is 6.54 Å². The molecule has 1 aromatic rings. The van der Waals surface area contributed by atoms with Crippen molar-refractivity contribution in [2.75, 3.05) is 6.54 Å². The average Bonchev–Trinajstić information content (AvgIpc) is 2.88. The van der Waals surface area contributed by atoms with Gasteiger partial charge in [-0.3, -0.25) is 4.79 Å². The number of hydrogen-bond acceptors (Lipinski definition) is 2. The van der Waals surface area contributed by atoms with E-state index in [2.05, 4.69) is 5.32 Å². The Kier molecular flexibility index (Phi) is 4.20. The molecule has 1 aliphatic carbocycles. The number of rotatable bonds is 4. The summed E-state index contributed by atoms with van der Waals surface area (Å²) in [4.78, 5) is 12.1. The fraction of sp³-hybridized carbons (Fsp3) is 0.533. The first kappa shape index (κ1) is 14.0. The molecule has 0 aromatic heterocycles. The molecule has 19 heavy (non-hydrogen) atoms. The summed E-state index contributed by atoms with van der Waals surface area (Å²) in [5.74, 6) is -0.467. The van der Waals surface area contributed by atoms with Crippen LogP contribution in [0.5, 0.6) is 0 Å². The lowest BCUT2D eigenvalue weighted by molar-refractivity contribution is -0.126. The van der Waals surface area contributed by atoms with E-state index in [1.807, 2.05) is 6.92 Å². The minimum atomic E-state index is -0.339. The molecule has 0 heterocycles. The van der Waals surface area contributed by atoms with Crippen LogP contribution in [-0.4, -0.2) is 12.5 Å². The van der Waals surface area contributed by atoms with Gasteiger partial charge in [0.2, 0.25) is 5.91 Å². The maximum absolute atomic E-state index is 13.0. The molecule has 0 spiro atoms. The molecule has 1 aliphatic rings. The summed E-state index contributed by atoms with van der Waals surface area (Å²) in [5.41, 5.74) is 6.19. The summed E-state index contributed by atoms with van der Waals surface area (Å²) in [7, 11) is 0. The van der Waals surface area contributed by atoms with Gasteiger partial charge in [0, 0.05) is 12.5 Å². The minimum absolute atomic E-state index is 0.0197. The number of carbonyl (C=O) groups is 1. The first-order chi connectivity index (χ1) is 9.07. The van der Waals surface area contributed by atoms with E-state index in [0.717, 1.165) is 31.2 Å². The lowest BCUT2D eigenvalue weighted by Gasteiger charge is -2.32. The fourth-order valence-corrected chi connectivity index (χ4v) is 2.70. The second kappa shape index (κ2) is 5.70. The van der Waals surface area contributed by atoms with E-state index in [4.69, 9.17) is 5.73 Å². The molecular formula is C15H21FN2O. The smallest absolute Gasteiger partial charge is 0.224 e. The van der Waals surface area contributed by atoms with Crippen molar-refractivity contribution in [3.05, 3.63) is 35.6 Å². The normalized spacial score (nSPS) is 19.1. The maximum Gasteiger partial charge on any atom is 0.224 e. The van der Waals surface area contributed by atoms with Gasteiger partial charge in [-0.05, 0) is 30.5 Å². The standard InChI is InChI=1S/C15H21FN2O/c1-11(10-17)14(19)18-15(8-2-3-9-15)12-4-6-13(16)7-5-12/h4-7,11H,2-3,8-10,17H2,1H3,(H,18,19). The van der Waals surface area contributed by atoms with Crippen LogP contribution >= 0.6 is 0 Å². The van der Waals surface area contributed by atoms with Crippen molar-refractivity contribution in [3.8, 4) is 0 Å². The van der Waals surface area contributed by atoms with Crippen molar-refractivity contribution in [2.24, 2.45) is 11.7 Å². The van der Waals surface area contributed by atoms with E-state index >= 15 is 0 Å². The van der Waals surface area contributed by atoms with Crippen molar-refractivity contribution in [1.82, 2.24) is 5.32 Å². The van der Waals surface area contributed by atoms with Crippen LogP contribution in [-0.2, 0) is 10.3 Å².